The number of carboxylic acids is 1. The summed E-state index contributed by atoms with van der Waals surface area (Å²) >= 11 is 5.84. The lowest BCUT2D eigenvalue weighted by Gasteiger charge is -2.22. The Hall–Kier alpha value is -1.12. The normalized spacial score (nSPS) is 24.8. The van der Waals surface area contributed by atoms with Crippen LogP contribution in [0.1, 0.15) is 13.3 Å². The monoisotopic (exact) mass is 307 g/mol. The van der Waals surface area contributed by atoms with E-state index in [4.69, 9.17) is 11.6 Å². The molecule has 1 aliphatic rings. The van der Waals surface area contributed by atoms with E-state index in [0.717, 1.165) is 8.99 Å². The highest BCUT2D eigenvalue weighted by atomic mass is 35.5. The number of nitrogens with zero attached hydrogens (tertiary/aromatic N) is 3. The molecule has 1 aromatic heterocycles. The minimum Gasteiger partial charge on any atom is -0.480 e. The van der Waals surface area contributed by atoms with Crippen molar-refractivity contribution in [3.63, 3.8) is 0 Å². The molecule has 0 aromatic carbocycles. The summed E-state index contributed by atoms with van der Waals surface area (Å²) in [5, 5.41) is 12.8. The molecule has 2 atom stereocenters. The van der Waals surface area contributed by atoms with E-state index < -0.39 is 22.0 Å². The van der Waals surface area contributed by atoms with Crippen LogP contribution in [0.15, 0.2) is 11.2 Å². The van der Waals surface area contributed by atoms with Gasteiger partial charge in [0.15, 0.2) is 5.03 Å². The second kappa shape index (κ2) is 4.77. The topological polar surface area (TPSA) is 92.5 Å². The third-order valence-electron chi connectivity index (χ3n) is 3.30. The first-order chi connectivity index (χ1) is 8.76. The lowest BCUT2D eigenvalue weighted by Crippen LogP contribution is -2.43. The average molecular weight is 308 g/mol. The number of aromatic nitrogens is 2. The fourth-order valence-corrected chi connectivity index (χ4v) is 4.65. The molecular weight excluding hydrogens is 294 g/mol. The van der Waals surface area contributed by atoms with E-state index in [1.165, 1.54) is 13.2 Å². The molecule has 19 heavy (non-hydrogen) atoms. The number of rotatable bonds is 3. The molecule has 0 aliphatic carbocycles. The van der Waals surface area contributed by atoms with Crippen molar-refractivity contribution >= 4 is 27.6 Å². The highest BCUT2D eigenvalue weighted by Crippen LogP contribution is 2.32. The second-order valence-corrected chi connectivity index (χ2v) is 6.80. The first kappa shape index (κ1) is 14.3. The van der Waals surface area contributed by atoms with Crippen LogP contribution in [0.2, 0.25) is 5.02 Å². The molecular formula is C10H14ClN3O4S. The van der Waals surface area contributed by atoms with Crippen molar-refractivity contribution in [3.8, 4) is 0 Å². The van der Waals surface area contributed by atoms with Crippen molar-refractivity contribution in [2.75, 3.05) is 6.54 Å². The second-order valence-electron chi connectivity index (χ2n) is 4.59. The van der Waals surface area contributed by atoms with Crippen molar-refractivity contribution in [2.45, 2.75) is 24.4 Å². The summed E-state index contributed by atoms with van der Waals surface area (Å²) in [6.45, 7) is 1.89. The van der Waals surface area contributed by atoms with Gasteiger partial charge in [-0.3, -0.25) is 9.48 Å². The van der Waals surface area contributed by atoms with Crippen LogP contribution in [0.5, 0.6) is 0 Å². The standard InChI is InChI=1S/C10H14ClN3O4S/c1-6-3-4-14(8(6)10(15)16)19(17,18)9-7(11)5-12-13(9)2/h5-6,8H,3-4H2,1-2H3,(H,15,16). The Morgan fingerprint density at radius 2 is 2.21 bits per heavy atom. The molecule has 1 N–H and O–H groups in total. The van der Waals surface area contributed by atoms with E-state index in [1.54, 1.807) is 6.92 Å². The summed E-state index contributed by atoms with van der Waals surface area (Å²) in [7, 11) is -2.51. The van der Waals surface area contributed by atoms with Crippen LogP contribution in [0.25, 0.3) is 0 Å². The molecule has 0 bridgehead atoms. The van der Waals surface area contributed by atoms with Gasteiger partial charge >= 0.3 is 5.97 Å². The summed E-state index contributed by atoms with van der Waals surface area (Å²) < 4.78 is 27.2. The number of carboxylic acid groups (broad SMARTS) is 1. The van der Waals surface area contributed by atoms with Gasteiger partial charge in [0.2, 0.25) is 0 Å². The fourth-order valence-electron chi connectivity index (χ4n) is 2.35. The Morgan fingerprint density at radius 1 is 1.58 bits per heavy atom. The minimum atomic E-state index is -3.96. The van der Waals surface area contributed by atoms with E-state index in [-0.39, 0.29) is 22.5 Å². The van der Waals surface area contributed by atoms with Gasteiger partial charge in [0.25, 0.3) is 10.0 Å². The number of aliphatic carboxylic acids is 1. The number of sulfonamides is 1. The molecule has 1 saturated heterocycles. The summed E-state index contributed by atoms with van der Waals surface area (Å²) in [5.41, 5.74) is 0. The van der Waals surface area contributed by atoms with Crippen LogP contribution >= 0.6 is 11.6 Å². The van der Waals surface area contributed by atoms with Crippen LogP contribution in [0.3, 0.4) is 0 Å². The maximum atomic E-state index is 12.5. The van der Waals surface area contributed by atoms with Crippen LogP contribution in [-0.2, 0) is 21.9 Å². The Bertz CT molecular complexity index is 593. The Kier molecular flexibility index (Phi) is 3.59. The zero-order chi connectivity index (χ0) is 14.4. The first-order valence-corrected chi connectivity index (χ1v) is 7.50. The maximum Gasteiger partial charge on any atom is 0.322 e. The average Bonchev–Trinajstić information content (AvgIpc) is 2.82. The van der Waals surface area contributed by atoms with Gasteiger partial charge in [0.05, 0.1) is 11.2 Å². The number of hydrogen-bond donors (Lipinski definition) is 1. The molecule has 0 amide bonds. The molecule has 0 radical (unpaired) electrons. The highest BCUT2D eigenvalue weighted by molar-refractivity contribution is 7.89. The summed E-state index contributed by atoms with van der Waals surface area (Å²) in [6.07, 6.45) is 1.73. The van der Waals surface area contributed by atoms with E-state index >= 15 is 0 Å². The quantitative estimate of drug-likeness (QED) is 0.880. The molecule has 2 unspecified atom stereocenters. The zero-order valence-electron chi connectivity index (χ0n) is 10.4. The van der Waals surface area contributed by atoms with Gasteiger partial charge in [-0.1, -0.05) is 18.5 Å². The van der Waals surface area contributed by atoms with Gasteiger partial charge in [0.1, 0.15) is 6.04 Å². The number of carbonyl (C=O) groups is 1. The smallest absolute Gasteiger partial charge is 0.322 e. The van der Waals surface area contributed by atoms with E-state index in [1.807, 2.05) is 0 Å². The Morgan fingerprint density at radius 3 is 2.68 bits per heavy atom. The van der Waals surface area contributed by atoms with Gasteiger partial charge in [-0.25, -0.2) is 8.42 Å². The van der Waals surface area contributed by atoms with Crippen molar-refractivity contribution in [1.29, 1.82) is 0 Å². The van der Waals surface area contributed by atoms with E-state index in [0.29, 0.717) is 6.42 Å². The molecule has 1 aromatic rings. The summed E-state index contributed by atoms with van der Waals surface area (Å²) in [5.74, 6) is -1.38. The van der Waals surface area contributed by atoms with Crippen molar-refractivity contribution in [3.05, 3.63) is 11.2 Å². The lowest BCUT2D eigenvalue weighted by molar-refractivity contribution is -0.141. The maximum absolute atomic E-state index is 12.5. The molecule has 106 valence electrons. The van der Waals surface area contributed by atoms with Crippen molar-refractivity contribution in [2.24, 2.45) is 13.0 Å². The molecule has 1 aliphatic heterocycles. The highest BCUT2D eigenvalue weighted by Gasteiger charge is 2.45. The molecule has 0 saturated carbocycles. The van der Waals surface area contributed by atoms with Crippen molar-refractivity contribution < 1.29 is 18.3 Å². The molecule has 9 heteroatoms. The van der Waals surface area contributed by atoms with E-state index in [2.05, 4.69) is 5.10 Å². The van der Waals surface area contributed by atoms with Crippen LogP contribution in [0, 0.1) is 5.92 Å². The van der Waals surface area contributed by atoms with Gasteiger partial charge in [-0.05, 0) is 12.3 Å². The fraction of sp³-hybridized carbons (Fsp3) is 0.600. The van der Waals surface area contributed by atoms with E-state index in [9.17, 15) is 18.3 Å². The third-order valence-corrected chi connectivity index (χ3v) is 5.69. The predicted octanol–water partition coefficient (Wildman–Crippen LogP) is 0.557. The van der Waals surface area contributed by atoms with Crippen LogP contribution < -0.4 is 0 Å². The number of hydrogen-bond acceptors (Lipinski definition) is 4. The van der Waals surface area contributed by atoms with Gasteiger partial charge in [-0.2, -0.15) is 9.40 Å². The van der Waals surface area contributed by atoms with Gasteiger partial charge < -0.3 is 5.11 Å². The van der Waals surface area contributed by atoms with Crippen LogP contribution in [-0.4, -0.2) is 46.2 Å². The number of aryl methyl sites for hydroxylation is 1. The zero-order valence-corrected chi connectivity index (χ0v) is 12.0. The van der Waals surface area contributed by atoms with Crippen molar-refractivity contribution in [1.82, 2.24) is 14.1 Å². The Balaban J connectivity index is 2.49. The summed E-state index contributed by atoms with van der Waals surface area (Å²) in [4.78, 5) is 11.2. The molecule has 1 fully saturated rings. The summed E-state index contributed by atoms with van der Waals surface area (Å²) in [6, 6.07) is -1.06. The molecule has 2 heterocycles. The third kappa shape index (κ3) is 2.24. The molecule has 7 nitrogen and oxygen atoms in total. The van der Waals surface area contributed by atoms with Crippen LogP contribution in [0.4, 0.5) is 0 Å². The molecule has 0 spiro atoms. The minimum absolute atomic E-state index is 0.00816. The molecule has 2 rings (SSSR count). The predicted molar refractivity (Wildman–Crippen MR) is 67.3 cm³/mol. The lowest BCUT2D eigenvalue weighted by atomic mass is 10.0. The SMILES string of the molecule is CC1CCN(S(=O)(=O)c2c(Cl)cnn2C)C1C(=O)O. The number of halogens is 1. The van der Waals surface area contributed by atoms with Gasteiger partial charge in [0, 0.05) is 13.6 Å². The Labute approximate surface area is 115 Å². The first-order valence-electron chi connectivity index (χ1n) is 5.69. The van der Waals surface area contributed by atoms with Gasteiger partial charge in [-0.15, -0.1) is 0 Å². The largest absolute Gasteiger partial charge is 0.480 e.